The number of nitrogens with one attached hydrogen (secondary N) is 1. The third-order valence-electron chi connectivity index (χ3n) is 3.17. The summed E-state index contributed by atoms with van der Waals surface area (Å²) in [6.07, 6.45) is -2.39. The van der Waals surface area contributed by atoms with Crippen LogP contribution in [-0.4, -0.2) is 26.3 Å². The van der Waals surface area contributed by atoms with Crippen LogP contribution in [0.5, 0.6) is 0 Å². The number of aromatic carboxylic acids is 1. The number of aromatic nitrogens is 3. The monoisotopic (exact) mass is 307 g/mol. The zero-order valence-electron chi connectivity index (χ0n) is 10.8. The topological polar surface area (TPSA) is 78.9 Å². The lowest BCUT2D eigenvalue weighted by Gasteiger charge is -2.10. The average molecular weight is 307 g/mol. The highest BCUT2D eigenvalue weighted by atomic mass is 19.4. The number of nitrogens with zero attached hydrogens (tertiary/aromatic N) is 2. The maximum Gasteiger partial charge on any atom is 0.418 e. The van der Waals surface area contributed by atoms with E-state index in [1.165, 1.54) is 30.5 Å². The number of halogens is 3. The first-order chi connectivity index (χ1) is 10.4. The van der Waals surface area contributed by atoms with Gasteiger partial charge in [0.15, 0.2) is 0 Å². The molecule has 0 aliphatic heterocycles. The Balaban J connectivity index is 2.12. The van der Waals surface area contributed by atoms with Crippen molar-refractivity contribution in [2.24, 2.45) is 0 Å². The van der Waals surface area contributed by atoms with E-state index in [4.69, 9.17) is 5.11 Å². The quantitative estimate of drug-likeness (QED) is 0.761. The second kappa shape index (κ2) is 4.83. The molecule has 0 saturated carbocycles. The van der Waals surface area contributed by atoms with Gasteiger partial charge in [0.05, 0.1) is 11.3 Å². The Kier molecular flexibility index (Phi) is 3.09. The fraction of sp³-hybridized carbons (Fsp3) is 0.0714. The highest BCUT2D eigenvalue weighted by Gasteiger charge is 2.32. The summed E-state index contributed by atoms with van der Waals surface area (Å²) >= 11 is 0. The van der Waals surface area contributed by atoms with Crippen LogP contribution in [0.4, 0.5) is 13.2 Å². The maximum atomic E-state index is 12.9. The van der Waals surface area contributed by atoms with Gasteiger partial charge in [0.25, 0.3) is 0 Å². The Morgan fingerprint density at radius 3 is 2.59 bits per heavy atom. The Bertz CT molecular complexity index is 871. The van der Waals surface area contributed by atoms with E-state index in [1.54, 1.807) is 0 Å². The van der Waals surface area contributed by atoms with E-state index in [2.05, 4.69) is 15.2 Å². The van der Waals surface area contributed by atoms with Crippen molar-refractivity contribution in [1.82, 2.24) is 15.2 Å². The Morgan fingerprint density at radius 1 is 1.18 bits per heavy atom. The zero-order chi connectivity index (χ0) is 15.9. The molecule has 112 valence electrons. The third-order valence-corrected chi connectivity index (χ3v) is 3.17. The summed E-state index contributed by atoms with van der Waals surface area (Å²) in [5, 5.41) is 15.3. The van der Waals surface area contributed by atoms with Crippen LogP contribution in [0.3, 0.4) is 0 Å². The number of hydrogen-bond donors (Lipinski definition) is 2. The number of aromatic amines is 1. The lowest BCUT2D eigenvalue weighted by molar-refractivity contribution is -0.136. The molecule has 22 heavy (non-hydrogen) atoms. The van der Waals surface area contributed by atoms with Crippen molar-refractivity contribution in [3.05, 3.63) is 47.9 Å². The summed E-state index contributed by atoms with van der Waals surface area (Å²) < 4.78 is 38.7. The van der Waals surface area contributed by atoms with Crippen molar-refractivity contribution in [2.75, 3.05) is 0 Å². The number of alkyl halides is 3. The van der Waals surface area contributed by atoms with Gasteiger partial charge >= 0.3 is 12.1 Å². The van der Waals surface area contributed by atoms with Crippen LogP contribution in [0.15, 0.2) is 36.7 Å². The summed E-state index contributed by atoms with van der Waals surface area (Å²) in [5.41, 5.74) is -0.0869. The van der Waals surface area contributed by atoms with Crippen LogP contribution in [-0.2, 0) is 6.18 Å². The highest BCUT2D eigenvalue weighted by Crippen LogP contribution is 2.35. The molecule has 0 fully saturated rings. The highest BCUT2D eigenvalue weighted by molar-refractivity contribution is 5.90. The molecule has 0 bridgehead atoms. The summed E-state index contributed by atoms with van der Waals surface area (Å²) in [5.74, 6) is -1.17. The number of hydrogen-bond acceptors (Lipinski definition) is 3. The summed E-state index contributed by atoms with van der Waals surface area (Å²) in [4.78, 5) is 14.4. The fourth-order valence-electron chi connectivity index (χ4n) is 2.14. The van der Waals surface area contributed by atoms with Crippen LogP contribution in [0.2, 0.25) is 0 Å². The van der Waals surface area contributed by atoms with Gasteiger partial charge in [-0.3, -0.25) is 10.1 Å². The van der Waals surface area contributed by atoms with E-state index in [1.807, 2.05) is 0 Å². The van der Waals surface area contributed by atoms with Crippen molar-refractivity contribution in [2.45, 2.75) is 6.18 Å². The van der Waals surface area contributed by atoms with Crippen LogP contribution in [0, 0.1) is 0 Å². The second-order valence-corrected chi connectivity index (χ2v) is 4.59. The lowest BCUT2D eigenvalue weighted by atomic mass is 10.0. The molecule has 0 unspecified atom stereocenters. The van der Waals surface area contributed by atoms with Crippen LogP contribution >= 0.6 is 0 Å². The molecule has 0 saturated heterocycles. The molecule has 2 N–H and O–H groups in total. The maximum absolute atomic E-state index is 12.9. The number of fused-ring (bicyclic) bond motifs is 1. The van der Waals surface area contributed by atoms with Crippen molar-refractivity contribution in [1.29, 1.82) is 0 Å². The van der Waals surface area contributed by atoms with Crippen molar-refractivity contribution >= 4 is 16.7 Å². The molecule has 0 aliphatic rings. The molecule has 0 spiro atoms. The number of pyridine rings is 1. The SMILES string of the molecule is O=C(O)c1cc(-c2ccc3c(C(F)(F)F)cncc3c2)n[nH]1. The van der Waals surface area contributed by atoms with Gasteiger partial charge in [0.2, 0.25) is 0 Å². The standard InChI is InChI=1S/C14H8F3N3O2/c15-14(16,17)10-6-18-5-8-3-7(1-2-9(8)10)11-4-12(13(21)22)20-19-11/h1-6H,(H,19,20)(H,21,22). The molecule has 2 aromatic heterocycles. The van der Waals surface area contributed by atoms with Crippen molar-refractivity contribution in [3.63, 3.8) is 0 Å². The molecule has 0 atom stereocenters. The fourth-order valence-corrected chi connectivity index (χ4v) is 2.14. The number of carboxylic acid groups (broad SMARTS) is 1. The summed E-state index contributed by atoms with van der Waals surface area (Å²) in [6, 6.07) is 5.58. The van der Waals surface area contributed by atoms with Gasteiger partial charge in [-0.15, -0.1) is 0 Å². The molecule has 8 heteroatoms. The van der Waals surface area contributed by atoms with Gasteiger partial charge in [-0.1, -0.05) is 12.1 Å². The number of rotatable bonds is 2. The first kappa shape index (κ1) is 14.1. The van der Waals surface area contributed by atoms with Crippen LogP contribution in [0.1, 0.15) is 16.1 Å². The Hall–Kier alpha value is -2.90. The number of carboxylic acids is 1. The van der Waals surface area contributed by atoms with Gasteiger partial charge in [0, 0.05) is 23.3 Å². The van der Waals surface area contributed by atoms with Crippen LogP contribution in [0.25, 0.3) is 22.0 Å². The smallest absolute Gasteiger partial charge is 0.418 e. The van der Waals surface area contributed by atoms with E-state index in [0.717, 1.165) is 6.20 Å². The largest absolute Gasteiger partial charge is 0.477 e. The average Bonchev–Trinajstić information content (AvgIpc) is 2.95. The first-order valence-electron chi connectivity index (χ1n) is 6.10. The molecule has 2 heterocycles. The normalized spacial score (nSPS) is 11.8. The molecule has 3 aromatic rings. The molecule has 0 amide bonds. The third kappa shape index (κ3) is 2.39. The van der Waals surface area contributed by atoms with Gasteiger partial charge in [0.1, 0.15) is 5.69 Å². The molecule has 1 aromatic carbocycles. The predicted octanol–water partition coefficient (Wildman–Crippen LogP) is 3.34. The minimum absolute atomic E-state index is 0.0280. The molecule has 5 nitrogen and oxygen atoms in total. The first-order valence-corrected chi connectivity index (χ1v) is 6.10. The van der Waals surface area contributed by atoms with E-state index >= 15 is 0 Å². The second-order valence-electron chi connectivity index (χ2n) is 4.59. The zero-order valence-corrected chi connectivity index (χ0v) is 10.8. The van der Waals surface area contributed by atoms with Crippen LogP contribution < -0.4 is 0 Å². The van der Waals surface area contributed by atoms with Gasteiger partial charge < -0.3 is 5.11 Å². The number of carbonyl (C=O) groups is 1. The van der Waals surface area contributed by atoms with Gasteiger partial charge in [-0.2, -0.15) is 18.3 Å². The molecule has 0 radical (unpaired) electrons. The van der Waals surface area contributed by atoms with Crippen molar-refractivity contribution < 1.29 is 23.1 Å². The van der Waals surface area contributed by atoms with E-state index in [-0.39, 0.29) is 11.1 Å². The molecule has 0 aliphatic carbocycles. The number of H-pyrrole nitrogens is 1. The lowest BCUT2D eigenvalue weighted by Crippen LogP contribution is -2.06. The van der Waals surface area contributed by atoms with E-state index < -0.39 is 17.7 Å². The van der Waals surface area contributed by atoms with Crippen molar-refractivity contribution in [3.8, 4) is 11.3 Å². The van der Waals surface area contributed by atoms with Gasteiger partial charge in [-0.05, 0) is 17.5 Å². The van der Waals surface area contributed by atoms with Gasteiger partial charge in [-0.25, -0.2) is 4.79 Å². The molecular weight excluding hydrogens is 299 g/mol. The Morgan fingerprint density at radius 2 is 1.95 bits per heavy atom. The Labute approximate surface area is 121 Å². The minimum Gasteiger partial charge on any atom is -0.477 e. The van der Waals surface area contributed by atoms with E-state index in [9.17, 15) is 18.0 Å². The summed E-state index contributed by atoms with van der Waals surface area (Å²) in [6.45, 7) is 0. The number of benzene rings is 1. The van der Waals surface area contributed by atoms with E-state index in [0.29, 0.717) is 16.6 Å². The summed E-state index contributed by atoms with van der Waals surface area (Å²) in [7, 11) is 0. The molecular formula is C14H8F3N3O2. The minimum atomic E-state index is -4.49. The predicted molar refractivity (Wildman–Crippen MR) is 71.3 cm³/mol. The molecule has 3 rings (SSSR count).